The Kier molecular flexibility index (Phi) is 4.74. The van der Waals surface area contributed by atoms with E-state index in [1.54, 1.807) is 6.20 Å². The number of imidazole rings is 1. The summed E-state index contributed by atoms with van der Waals surface area (Å²) in [6.45, 7) is 4.49. The second-order valence-corrected chi connectivity index (χ2v) is 5.43. The molecule has 3 aromatic rings. The quantitative estimate of drug-likeness (QED) is 0.723. The Morgan fingerprint density at radius 1 is 1.21 bits per heavy atom. The number of benzene rings is 1. The van der Waals surface area contributed by atoms with Crippen molar-refractivity contribution < 1.29 is 9.53 Å². The summed E-state index contributed by atoms with van der Waals surface area (Å²) < 4.78 is 5.36. The van der Waals surface area contributed by atoms with Crippen molar-refractivity contribution in [2.24, 2.45) is 0 Å². The molecule has 0 aliphatic carbocycles. The minimum atomic E-state index is -0.0347. The molecule has 0 spiro atoms. The van der Waals surface area contributed by atoms with Gasteiger partial charge in [0.2, 0.25) is 17.7 Å². The monoisotopic (exact) mass is 324 g/mol. The molecule has 124 valence electrons. The Morgan fingerprint density at radius 2 is 2.04 bits per heavy atom. The number of carbonyl (C=O) groups is 1. The van der Waals surface area contributed by atoms with Crippen LogP contribution in [0.4, 0.5) is 5.95 Å². The van der Waals surface area contributed by atoms with E-state index in [2.05, 4.69) is 20.3 Å². The molecule has 24 heavy (non-hydrogen) atoms. The molecule has 0 unspecified atom stereocenters. The van der Waals surface area contributed by atoms with E-state index in [0.29, 0.717) is 24.9 Å². The molecule has 0 radical (unpaired) electrons. The summed E-state index contributed by atoms with van der Waals surface area (Å²) in [5, 5.41) is 2.78. The minimum absolute atomic E-state index is 0.0347. The number of amides is 1. The van der Waals surface area contributed by atoms with E-state index in [1.165, 1.54) is 0 Å². The number of hydrogen-bond acceptors (Lipinski definition) is 4. The summed E-state index contributed by atoms with van der Waals surface area (Å²) in [5.74, 6) is 1.06. The smallest absolute Gasteiger partial charge is 0.226 e. The Bertz CT molecular complexity index is 840. The van der Waals surface area contributed by atoms with Crippen LogP contribution in [0.15, 0.2) is 36.5 Å². The summed E-state index contributed by atoms with van der Waals surface area (Å²) in [6, 6.07) is 9.73. The van der Waals surface area contributed by atoms with E-state index in [-0.39, 0.29) is 5.91 Å². The second kappa shape index (κ2) is 7.12. The second-order valence-electron chi connectivity index (χ2n) is 5.43. The van der Waals surface area contributed by atoms with Crippen molar-refractivity contribution in [1.82, 2.24) is 15.0 Å². The molecule has 0 atom stereocenters. The molecule has 0 bridgehead atoms. The molecule has 6 heteroatoms. The number of rotatable bonds is 6. The number of hydrogen-bond donors (Lipinski definition) is 2. The van der Waals surface area contributed by atoms with Crippen LogP contribution >= 0.6 is 0 Å². The van der Waals surface area contributed by atoms with Crippen molar-refractivity contribution in [2.75, 3.05) is 11.9 Å². The summed E-state index contributed by atoms with van der Waals surface area (Å²) in [6.07, 6.45) is 3.08. The maximum atomic E-state index is 11.7. The summed E-state index contributed by atoms with van der Waals surface area (Å²) >= 11 is 0. The Morgan fingerprint density at radius 3 is 2.75 bits per heavy atom. The predicted molar refractivity (Wildman–Crippen MR) is 94.0 cm³/mol. The molecular weight excluding hydrogens is 304 g/mol. The predicted octanol–water partition coefficient (Wildman–Crippen LogP) is 3.76. The lowest BCUT2D eigenvalue weighted by molar-refractivity contribution is -0.116. The molecule has 0 saturated heterocycles. The number of carbonyl (C=O) groups excluding carboxylic acids is 1. The highest BCUT2D eigenvalue weighted by atomic mass is 16.5. The number of ether oxygens (including phenoxy) is 1. The van der Waals surface area contributed by atoms with Gasteiger partial charge >= 0.3 is 0 Å². The van der Waals surface area contributed by atoms with Crippen LogP contribution in [0, 0.1) is 0 Å². The Hall–Kier alpha value is -2.89. The summed E-state index contributed by atoms with van der Waals surface area (Å²) in [5.41, 5.74) is 3.69. The van der Waals surface area contributed by atoms with E-state index in [9.17, 15) is 4.79 Å². The zero-order valence-corrected chi connectivity index (χ0v) is 13.8. The molecule has 0 saturated carbocycles. The SMILES string of the molecule is CCCC(=O)Nc1nc2ccc(-c3ccc(OCC)nc3)cc2[nH]1. The fourth-order valence-corrected chi connectivity index (χ4v) is 2.45. The largest absolute Gasteiger partial charge is 0.478 e. The lowest BCUT2D eigenvalue weighted by Gasteiger charge is -2.04. The lowest BCUT2D eigenvalue weighted by Crippen LogP contribution is -2.11. The van der Waals surface area contributed by atoms with Gasteiger partial charge in [-0.05, 0) is 37.1 Å². The fourth-order valence-electron chi connectivity index (χ4n) is 2.45. The standard InChI is InChI=1S/C18H20N4O2/c1-3-5-16(23)22-18-20-14-8-6-12(10-15(14)21-18)13-7-9-17(19-11-13)24-4-2/h6-11H,3-5H2,1-2H3,(H2,20,21,22,23). The van der Waals surface area contributed by atoms with E-state index >= 15 is 0 Å². The van der Waals surface area contributed by atoms with Crippen LogP contribution in [0.25, 0.3) is 22.2 Å². The summed E-state index contributed by atoms with van der Waals surface area (Å²) in [7, 11) is 0. The van der Waals surface area contributed by atoms with Crippen LogP contribution < -0.4 is 10.1 Å². The van der Waals surface area contributed by atoms with Gasteiger partial charge in [0, 0.05) is 24.2 Å². The molecule has 2 N–H and O–H groups in total. The molecule has 3 rings (SSSR count). The first-order chi connectivity index (χ1) is 11.7. The van der Waals surface area contributed by atoms with Crippen LogP contribution in [-0.4, -0.2) is 27.5 Å². The molecule has 0 aliphatic heterocycles. The van der Waals surface area contributed by atoms with Crippen molar-refractivity contribution in [2.45, 2.75) is 26.7 Å². The van der Waals surface area contributed by atoms with Crippen LogP contribution in [0.2, 0.25) is 0 Å². The fraction of sp³-hybridized carbons (Fsp3) is 0.278. The highest BCUT2D eigenvalue weighted by Gasteiger charge is 2.08. The van der Waals surface area contributed by atoms with Crippen LogP contribution in [-0.2, 0) is 4.79 Å². The van der Waals surface area contributed by atoms with Crippen LogP contribution in [0.1, 0.15) is 26.7 Å². The van der Waals surface area contributed by atoms with E-state index in [0.717, 1.165) is 28.6 Å². The molecule has 1 amide bonds. The first-order valence-corrected chi connectivity index (χ1v) is 8.08. The number of aromatic amines is 1. The third-order valence-corrected chi connectivity index (χ3v) is 3.58. The highest BCUT2D eigenvalue weighted by molar-refractivity contribution is 5.91. The maximum absolute atomic E-state index is 11.7. The van der Waals surface area contributed by atoms with Gasteiger partial charge in [0.25, 0.3) is 0 Å². The normalized spacial score (nSPS) is 10.8. The van der Waals surface area contributed by atoms with Gasteiger partial charge in [-0.15, -0.1) is 0 Å². The lowest BCUT2D eigenvalue weighted by atomic mass is 10.1. The zero-order chi connectivity index (χ0) is 16.9. The number of anilines is 1. The number of nitrogens with one attached hydrogen (secondary N) is 2. The van der Waals surface area contributed by atoms with E-state index < -0.39 is 0 Å². The highest BCUT2D eigenvalue weighted by Crippen LogP contribution is 2.25. The third kappa shape index (κ3) is 3.53. The molecular formula is C18H20N4O2. The van der Waals surface area contributed by atoms with Crippen molar-refractivity contribution in [1.29, 1.82) is 0 Å². The number of nitrogens with zero attached hydrogens (tertiary/aromatic N) is 2. The third-order valence-electron chi connectivity index (χ3n) is 3.58. The molecule has 1 aromatic carbocycles. The number of H-pyrrole nitrogens is 1. The molecule has 2 heterocycles. The van der Waals surface area contributed by atoms with Crippen molar-refractivity contribution in [3.63, 3.8) is 0 Å². The van der Waals surface area contributed by atoms with Gasteiger partial charge in [0.1, 0.15) is 0 Å². The van der Waals surface area contributed by atoms with Crippen molar-refractivity contribution in [3.8, 4) is 17.0 Å². The van der Waals surface area contributed by atoms with Crippen molar-refractivity contribution >= 4 is 22.9 Å². The molecule has 2 aromatic heterocycles. The molecule has 0 fully saturated rings. The Labute approximate surface area is 140 Å². The van der Waals surface area contributed by atoms with Crippen LogP contribution in [0.5, 0.6) is 5.88 Å². The van der Waals surface area contributed by atoms with Gasteiger partial charge < -0.3 is 9.72 Å². The van der Waals surface area contributed by atoms with Crippen molar-refractivity contribution in [3.05, 3.63) is 36.5 Å². The van der Waals surface area contributed by atoms with Gasteiger partial charge in [-0.25, -0.2) is 9.97 Å². The van der Waals surface area contributed by atoms with Gasteiger partial charge in [-0.2, -0.15) is 0 Å². The number of fused-ring (bicyclic) bond motifs is 1. The topological polar surface area (TPSA) is 79.9 Å². The molecule has 6 nitrogen and oxygen atoms in total. The summed E-state index contributed by atoms with van der Waals surface area (Å²) in [4.78, 5) is 23.5. The number of pyridine rings is 1. The Balaban J connectivity index is 1.84. The van der Waals surface area contributed by atoms with Gasteiger partial charge in [-0.3, -0.25) is 10.1 Å². The average molecular weight is 324 g/mol. The first kappa shape index (κ1) is 16.0. The van der Waals surface area contributed by atoms with Gasteiger partial charge in [0.15, 0.2) is 0 Å². The minimum Gasteiger partial charge on any atom is -0.478 e. The molecule has 0 aliphatic rings. The van der Waals surface area contributed by atoms with Gasteiger partial charge in [-0.1, -0.05) is 13.0 Å². The van der Waals surface area contributed by atoms with E-state index in [4.69, 9.17) is 4.74 Å². The zero-order valence-electron chi connectivity index (χ0n) is 13.8. The average Bonchev–Trinajstić information content (AvgIpc) is 2.97. The first-order valence-electron chi connectivity index (χ1n) is 8.08. The number of aromatic nitrogens is 3. The van der Waals surface area contributed by atoms with Gasteiger partial charge in [0.05, 0.1) is 17.6 Å². The van der Waals surface area contributed by atoms with E-state index in [1.807, 2.05) is 44.2 Å². The van der Waals surface area contributed by atoms with Crippen LogP contribution in [0.3, 0.4) is 0 Å². The maximum Gasteiger partial charge on any atom is 0.226 e.